The van der Waals surface area contributed by atoms with Crippen LogP contribution >= 0.6 is 0 Å². The van der Waals surface area contributed by atoms with Crippen LogP contribution in [-0.2, 0) is 114 Å². The fourth-order valence-corrected chi connectivity index (χ4v) is 7.93. The molecule has 0 saturated carbocycles. The number of hydrogen-bond acceptors (Lipinski definition) is 24. The van der Waals surface area contributed by atoms with Crippen LogP contribution in [0.2, 0.25) is 0 Å². The average molecular weight is 1800 g/mol. The third-order valence-corrected chi connectivity index (χ3v) is 15.1. The highest BCUT2D eigenvalue weighted by Gasteiger charge is 2.22. The summed E-state index contributed by atoms with van der Waals surface area (Å²) in [7, 11) is 0. The number of halogens is 4. The Morgan fingerprint density at radius 3 is 0.597 bits per heavy atom. The first-order chi connectivity index (χ1) is 58.0. The second-order valence-corrected chi connectivity index (χ2v) is 31.6. The van der Waals surface area contributed by atoms with E-state index in [0.29, 0.717) is 128 Å². The minimum Gasteiger partial charge on any atom is -0.466 e. The number of rotatable bonds is 55. The van der Waals surface area contributed by atoms with E-state index in [2.05, 4.69) is 121 Å². The van der Waals surface area contributed by atoms with Crippen LogP contribution in [0.5, 0.6) is 0 Å². The van der Waals surface area contributed by atoms with Crippen LogP contribution < -0.4 is 0 Å². The standard InChI is InChI=1S/2C11H22O2.C10H18F2O2.C10H20O2.2C9H18O2.C8H16O2.C7H14O2.C6H10F2O2.C6H12O2.C5H10O2.C4H8O2/c1-4-5-6-9-13-11(12)8-7-10(2)3;1-3-4-5-6-7-8-9-10-13-11(2)12;1-8(2)4-5-9(13)14-7-6-10(3,11)12;1-4-5-8-12-10(11)7-6-9(2)3;1-4-7-11-9(10)6-5-8(2)3;1-3-4-5-6-7-8-11-9(2)10;1-4-10-8(9)6-5-7(2)3;1-3-4-5-6-9-7(2)8;1-5(9)10-4-3-6(2,7)8;1-3-4-5-8-6(2)7;1-3-4-7-5(2)6;1-3-6-4(2)5/h10H,4-9H2,1-3H3;3-10H2,1-2H3;8H,4-7H2,1-3H3;9H,4-8H2,1-3H3;8H,4-7H2,1-3H3;3-8H2,1-2H3;7H,4-6H2,1-3H3;3-6H2,1-2H3;3-4H2,1-2H3;3-5H2,1-2H3;3-4H2,1-2H3;3H2,1-2H3. The van der Waals surface area contributed by atoms with Gasteiger partial charge in [-0.3, -0.25) is 57.5 Å². The Bertz CT molecular complexity index is 2360. The third kappa shape index (κ3) is 202. The zero-order valence-corrected chi connectivity index (χ0v) is 84.1. The predicted octanol–water partition coefficient (Wildman–Crippen LogP) is 25.3. The van der Waals surface area contributed by atoms with Gasteiger partial charge in [0, 0.05) is 93.4 Å². The van der Waals surface area contributed by atoms with E-state index in [4.69, 9.17) is 33.2 Å². The minimum absolute atomic E-state index is 0.0372. The summed E-state index contributed by atoms with van der Waals surface area (Å²) in [6.07, 6.45) is 33.6. The summed E-state index contributed by atoms with van der Waals surface area (Å²) in [6, 6.07) is 0. The Hall–Kier alpha value is -6.64. The van der Waals surface area contributed by atoms with Gasteiger partial charge in [-0.15, -0.1) is 0 Å². The molecule has 0 aromatic heterocycles. The molecule has 0 rings (SSSR count). The molecular weight excluding hydrogens is 1610 g/mol. The van der Waals surface area contributed by atoms with Gasteiger partial charge in [0.15, 0.2) is 0 Å². The Morgan fingerprint density at radius 2 is 0.379 bits per heavy atom. The minimum atomic E-state index is -2.75. The summed E-state index contributed by atoms with van der Waals surface area (Å²) in [6.45, 7) is 57.8. The van der Waals surface area contributed by atoms with Crippen molar-refractivity contribution in [2.75, 3.05) is 79.3 Å². The molecule has 0 aromatic rings. The van der Waals surface area contributed by atoms with Crippen molar-refractivity contribution in [3.8, 4) is 0 Å². The molecule has 24 nitrogen and oxygen atoms in total. The van der Waals surface area contributed by atoms with E-state index in [-0.39, 0.29) is 78.9 Å². The van der Waals surface area contributed by atoms with Crippen molar-refractivity contribution >= 4 is 71.6 Å². The number of ether oxygens (including phenoxy) is 12. The number of alkyl halides is 4. The molecule has 124 heavy (non-hydrogen) atoms. The Kier molecular flexibility index (Phi) is 132. The number of esters is 12. The van der Waals surface area contributed by atoms with Gasteiger partial charge in [-0.2, -0.15) is 0 Å². The van der Waals surface area contributed by atoms with Gasteiger partial charge >= 0.3 is 71.6 Å². The summed E-state index contributed by atoms with van der Waals surface area (Å²) in [5.74, 6) is -4.93. The molecule has 0 radical (unpaired) electrons. The summed E-state index contributed by atoms with van der Waals surface area (Å²) >= 11 is 0. The zero-order chi connectivity index (χ0) is 98.2. The van der Waals surface area contributed by atoms with E-state index in [0.717, 1.165) is 123 Å². The van der Waals surface area contributed by atoms with Crippen LogP contribution in [0.4, 0.5) is 17.6 Å². The largest absolute Gasteiger partial charge is 0.466 e. The smallest absolute Gasteiger partial charge is 0.305 e. The second-order valence-electron chi connectivity index (χ2n) is 31.6. The molecule has 0 atom stereocenters. The van der Waals surface area contributed by atoms with Gasteiger partial charge in [0.2, 0.25) is 11.8 Å². The van der Waals surface area contributed by atoms with E-state index in [1.54, 1.807) is 6.92 Å². The molecule has 0 aliphatic rings. The first kappa shape index (κ1) is 143. The van der Waals surface area contributed by atoms with Gasteiger partial charge in [0.05, 0.1) is 79.3 Å². The molecule has 0 aromatic carbocycles. The van der Waals surface area contributed by atoms with Crippen LogP contribution in [0.3, 0.4) is 0 Å². The van der Waals surface area contributed by atoms with E-state index in [9.17, 15) is 75.1 Å². The molecule has 0 unspecified atom stereocenters. The number of carbonyl (C=O) groups excluding carboxylic acids is 12. The van der Waals surface area contributed by atoms with Crippen molar-refractivity contribution in [2.45, 2.75) is 444 Å². The molecule has 0 aliphatic heterocycles. The van der Waals surface area contributed by atoms with Crippen LogP contribution in [0.1, 0.15) is 432 Å². The van der Waals surface area contributed by atoms with E-state index in [1.165, 1.54) is 126 Å². The highest BCUT2D eigenvalue weighted by molar-refractivity contribution is 5.71. The van der Waals surface area contributed by atoms with E-state index < -0.39 is 30.7 Å². The summed E-state index contributed by atoms with van der Waals surface area (Å²) in [5, 5.41) is 0. The monoisotopic (exact) mass is 1800 g/mol. The lowest BCUT2D eigenvalue weighted by Gasteiger charge is -2.10. The quantitative estimate of drug-likeness (QED) is 0.0236. The van der Waals surface area contributed by atoms with Crippen LogP contribution in [0, 0.1) is 29.6 Å². The topological polar surface area (TPSA) is 316 Å². The lowest BCUT2D eigenvalue weighted by molar-refractivity contribution is -0.146. The van der Waals surface area contributed by atoms with Gasteiger partial charge in [-0.1, -0.05) is 227 Å². The summed E-state index contributed by atoms with van der Waals surface area (Å²) in [4.78, 5) is 126. The summed E-state index contributed by atoms with van der Waals surface area (Å²) in [5.41, 5.74) is 0. The van der Waals surface area contributed by atoms with Crippen molar-refractivity contribution in [3.05, 3.63) is 0 Å². The molecule has 0 bridgehead atoms. The maximum Gasteiger partial charge on any atom is 0.305 e. The lowest BCUT2D eigenvalue weighted by atomic mass is 10.1. The first-order valence-electron chi connectivity index (χ1n) is 46.5. The zero-order valence-electron chi connectivity index (χ0n) is 84.1. The second kappa shape index (κ2) is 114. The van der Waals surface area contributed by atoms with Crippen molar-refractivity contribution in [2.24, 2.45) is 29.6 Å². The Morgan fingerprint density at radius 1 is 0.210 bits per heavy atom. The van der Waals surface area contributed by atoms with Crippen LogP contribution in [-0.4, -0.2) is 163 Å². The van der Waals surface area contributed by atoms with Gasteiger partial charge in [0.25, 0.3) is 0 Å². The Balaban J connectivity index is -0.000000111. The van der Waals surface area contributed by atoms with Gasteiger partial charge in [-0.05, 0) is 141 Å². The van der Waals surface area contributed by atoms with Crippen LogP contribution in [0.15, 0.2) is 0 Å². The molecule has 0 amide bonds. The van der Waals surface area contributed by atoms with Gasteiger partial charge in [0.1, 0.15) is 0 Å². The maximum atomic E-state index is 12.3. The molecule has 28 heteroatoms. The van der Waals surface area contributed by atoms with Crippen molar-refractivity contribution in [1.82, 2.24) is 0 Å². The number of carbonyl (C=O) groups is 12. The molecule has 0 aliphatic carbocycles. The molecular formula is C96H188F4O24. The third-order valence-electron chi connectivity index (χ3n) is 15.1. The van der Waals surface area contributed by atoms with Gasteiger partial charge in [-0.25, -0.2) is 17.6 Å². The predicted molar refractivity (Wildman–Crippen MR) is 490 cm³/mol. The molecule has 0 fully saturated rings. The maximum absolute atomic E-state index is 12.3. The molecule has 744 valence electrons. The first-order valence-corrected chi connectivity index (χ1v) is 46.5. The van der Waals surface area contributed by atoms with E-state index in [1.807, 2.05) is 34.6 Å². The highest BCUT2D eigenvalue weighted by Crippen LogP contribution is 2.18. The molecule has 0 spiro atoms. The highest BCUT2D eigenvalue weighted by atomic mass is 19.3. The van der Waals surface area contributed by atoms with E-state index >= 15 is 0 Å². The molecule has 0 heterocycles. The fraction of sp³-hybridized carbons (Fsp3) is 0.875. The number of unbranched alkanes of at least 4 members (excludes halogenated alkanes) is 16. The Labute approximate surface area is 752 Å². The average Bonchev–Trinajstić information content (AvgIpc) is 0.970. The van der Waals surface area contributed by atoms with Crippen molar-refractivity contribution < 1.29 is 132 Å². The van der Waals surface area contributed by atoms with Crippen molar-refractivity contribution in [3.63, 3.8) is 0 Å². The molecule has 0 saturated heterocycles. The fourth-order valence-electron chi connectivity index (χ4n) is 7.93. The van der Waals surface area contributed by atoms with Crippen molar-refractivity contribution in [1.29, 1.82) is 0 Å². The summed E-state index contributed by atoms with van der Waals surface area (Å²) < 4.78 is 105. The van der Waals surface area contributed by atoms with Crippen LogP contribution in [0.25, 0.3) is 0 Å². The SMILES string of the molecule is CC(=O)OCCC(C)(F)F.CC(C)CCC(=O)OCCC(C)(F)F.CCCCCCCCCOC(C)=O.CCCCCCCOC(C)=O.CCCCCOC(=O)CCC(C)C.CCCCCOC(C)=O.CCCCOC(=O)CCC(C)C.CCCCOC(C)=O.CCCOC(=O)CCC(C)C.CCCOC(C)=O.CCOC(=O)CCC(C)C.CCOC(C)=O. The molecule has 0 N–H and O–H groups in total. The lowest BCUT2D eigenvalue weighted by Crippen LogP contribution is -2.16. The number of hydrogen-bond donors (Lipinski definition) is 0. The van der Waals surface area contributed by atoms with Gasteiger partial charge < -0.3 is 56.8 Å². The normalized spacial score (nSPS) is 10.0.